The van der Waals surface area contributed by atoms with Crippen molar-refractivity contribution < 1.29 is 23.7 Å². The second-order valence-corrected chi connectivity index (χ2v) is 6.68. The topological polar surface area (TPSA) is 66.0 Å². The molecule has 0 saturated carbocycles. The van der Waals surface area contributed by atoms with Crippen LogP contribution in [-0.4, -0.2) is 26.7 Å². The van der Waals surface area contributed by atoms with E-state index in [1.54, 1.807) is 36.4 Å². The van der Waals surface area contributed by atoms with Crippen LogP contribution in [0.2, 0.25) is 5.02 Å². The van der Waals surface area contributed by atoms with Crippen molar-refractivity contribution in [2.24, 2.45) is 0 Å². The highest BCUT2D eigenvalue weighted by Crippen LogP contribution is 2.35. The SMILES string of the molecule is COc1cc(OC)c(NC(=O)COc2ccc(OCc3ccccc3)cc2)cc1Cl. The van der Waals surface area contributed by atoms with E-state index < -0.39 is 0 Å². The number of nitrogens with one attached hydrogen (secondary N) is 1. The van der Waals surface area contributed by atoms with Gasteiger partial charge in [0.05, 0.1) is 24.9 Å². The highest BCUT2D eigenvalue weighted by Gasteiger charge is 2.13. The summed E-state index contributed by atoms with van der Waals surface area (Å²) in [5.74, 6) is 1.81. The minimum absolute atomic E-state index is 0.170. The summed E-state index contributed by atoms with van der Waals surface area (Å²) in [5, 5.41) is 3.08. The predicted molar refractivity (Wildman–Crippen MR) is 116 cm³/mol. The Hall–Kier alpha value is -3.38. The fourth-order valence-corrected chi connectivity index (χ4v) is 2.91. The highest BCUT2D eigenvalue weighted by molar-refractivity contribution is 6.32. The van der Waals surface area contributed by atoms with E-state index in [2.05, 4.69) is 5.32 Å². The fourth-order valence-electron chi connectivity index (χ4n) is 2.67. The zero-order valence-electron chi connectivity index (χ0n) is 16.7. The van der Waals surface area contributed by atoms with Crippen LogP contribution in [-0.2, 0) is 11.4 Å². The van der Waals surface area contributed by atoms with Gasteiger partial charge in [-0.15, -0.1) is 0 Å². The van der Waals surface area contributed by atoms with Crippen LogP contribution in [0.15, 0.2) is 66.7 Å². The number of hydrogen-bond acceptors (Lipinski definition) is 5. The van der Waals surface area contributed by atoms with E-state index >= 15 is 0 Å². The van der Waals surface area contributed by atoms with Crippen LogP contribution in [0.5, 0.6) is 23.0 Å². The first kappa shape index (κ1) is 21.3. The second kappa shape index (κ2) is 10.4. The van der Waals surface area contributed by atoms with Gasteiger partial charge in [-0.25, -0.2) is 0 Å². The Labute approximate surface area is 180 Å². The van der Waals surface area contributed by atoms with Crippen molar-refractivity contribution in [2.75, 3.05) is 26.1 Å². The van der Waals surface area contributed by atoms with Crippen molar-refractivity contribution in [3.8, 4) is 23.0 Å². The summed E-state index contributed by atoms with van der Waals surface area (Å²) < 4.78 is 21.7. The molecule has 1 N–H and O–H groups in total. The molecule has 1 amide bonds. The molecule has 0 bridgehead atoms. The summed E-state index contributed by atoms with van der Waals surface area (Å²) in [6.07, 6.45) is 0. The zero-order chi connectivity index (χ0) is 21.3. The lowest BCUT2D eigenvalue weighted by Gasteiger charge is -2.13. The third-order valence-corrected chi connectivity index (χ3v) is 4.49. The van der Waals surface area contributed by atoms with Crippen molar-refractivity contribution in [3.63, 3.8) is 0 Å². The monoisotopic (exact) mass is 427 g/mol. The number of rotatable bonds is 9. The molecule has 0 saturated heterocycles. The van der Waals surface area contributed by atoms with E-state index in [9.17, 15) is 4.79 Å². The van der Waals surface area contributed by atoms with Crippen LogP contribution in [0.4, 0.5) is 5.69 Å². The van der Waals surface area contributed by atoms with E-state index in [0.29, 0.717) is 40.3 Å². The largest absolute Gasteiger partial charge is 0.495 e. The highest BCUT2D eigenvalue weighted by atomic mass is 35.5. The van der Waals surface area contributed by atoms with Crippen molar-refractivity contribution in [1.82, 2.24) is 0 Å². The number of anilines is 1. The van der Waals surface area contributed by atoms with Gasteiger partial charge in [0, 0.05) is 6.07 Å². The van der Waals surface area contributed by atoms with E-state index in [-0.39, 0.29) is 12.5 Å². The summed E-state index contributed by atoms with van der Waals surface area (Å²) in [6.45, 7) is 0.312. The molecule has 0 aliphatic heterocycles. The first-order chi connectivity index (χ1) is 14.6. The molecule has 0 spiro atoms. The Morgan fingerprint density at radius 2 is 1.50 bits per heavy atom. The van der Waals surface area contributed by atoms with E-state index in [0.717, 1.165) is 5.56 Å². The van der Waals surface area contributed by atoms with Gasteiger partial charge in [0.15, 0.2) is 6.61 Å². The van der Waals surface area contributed by atoms with Crippen LogP contribution >= 0.6 is 11.6 Å². The molecule has 3 aromatic carbocycles. The van der Waals surface area contributed by atoms with Crippen molar-refractivity contribution in [2.45, 2.75) is 6.61 Å². The van der Waals surface area contributed by atoms with Gasteiger partial charge in [-0.05, 0) is 35.9 Å². The van der Waals surface area contributed by atoms with Crippen LogP contribution in [0.1, 0.15) is 5.56 Å². The number of benzene rings is 3. The molecule has 30 heavy (non-hydrogen) atoms. The van der Waals surface area contributed by atoms with Gasteiger partial charge < -0.3 is 24.3 Å². The average Bonchev–Trinajstić information content (AvgIpc) is 2.78. The Bertz CT molecular complexity index is 977. The molecule has 0 radical (unpaired) electrons. The quantitative estimate of drug-likeness (QED) is 0.523. The maximum Gasteiger partial charge on any atom is 0.262 e. The summed E-state index contributed by atoms with van der Waals surface area (Å²) >= 11 is 6.12. The molecule has 0 fully saturated rings. The standard InChI is InChI=1S/C23H22ClNO5/c1-27-21-13-22(28-2)20(12-19(21)24)25-23(26)15-30-18-10-8-17(9-11-18)29-14-16-6-4-3-5-7-16/h3-13H,14-15H2,1-2H3,(H,25,26). The summed E-state index contributed by atoms with van der Waals surface area (Å²) in [5.41, 5.74) is 1.52. The molecule has 156 valence electrons. The molecule has 3 rings (SSSR count). The predicted octanol–water partition coefficient (Wildman–Crippen LogP) is 4.95. The van der Waals surface area contributed by atoms with Gasteiger partial charge in [0.2, 0.25) is 0 Å². The molecule has 0 atom stereocenters. The first-order valence-corrected chi connectivity index (χ1v) is 9.58. The van der Waals surface area contributed by atoms with Gasteiger partial charge in [-0.3, -0.25) is 4.79 Å². The average molecular weight is 428 g/mol. The lowest BCUT2D eigenvalue weighted by atomic mass is 10.2. The zero-order valence-corrected chi connectivity index (χ0v) is 17.4. The van der Waals surface area contributed by atoms with Crippen LogP contribution < -0.4 is 24.3 Å². The Kier molecular flexibility index (Phi) is 7.40. The van der Waals surface area contributed by atoms with E-state index in [1.165, 1.54) is 14.2 Å². The van der Waals surface area contributed by atoms with Gasteiger partial charge in [-0.1, -0.05) is 41.9 Å². The number of hydrogen-bond donors (Lipinski definition) is 1. The molecule has 6 nitrogen and oxygen atoms in total. The molecule has 0 aliphatic rings. The number of methoxy groups -OCH3 is 2. The van der Waals surface area contributed by atoms with Crippen LogP contribution in [0.3, 0.4) is 0 Å². The first-order valence-electron chi connectivity index (χ1n) is 9.20. The lowest BCUT2D eigenvalue weighted by Crippen LogP contribution is -2.20. The minimum atomic E-state index is -0.348. The fraction of sp³-hybridized carbons (Fsp3) is 0.174. The molecule has 3 aromatic rings. The molecule has 0 aliphatic carbocycles. The lowest BCUT2D eigenvalue weighted by molar-refractivity contribution is -0.118. The Morgan fingerprint density at radius 3 is 2.13 bits per heavy atom. The van der Waals surface area contributed by atoms with Gasteiger partial charge in [0.25, 0.3) is 5.91 Å². The van der Waals surface area contributed by atoms with E-state index in [4.69, 9.17) is 30.5 Å². The van der Waals surface area contributed by atoms with Crippen LogP contribution in [0, 0.1) is 0 Å². The van der Waals surface area contributed by atoms with Crippen molar-refractivity contribution in [1.29, 1.82) is 0 Å². The Morgan fingerprint density at radius 1 is 0.867 bits per heavy atom. The summed E-state index contributed by atoms with van der Waals surface area (Å²) in [7, 11) is 3.00. The molecular weight excluding hydrogens is 406 g/mol. The Balaban J connectivity index is 1.52. The molecule has 0 heterocycles. The molecular formula is C23H22ClNO5. The smallest absolute Gasteiger partial charge is 0.262 e. The second-order valence-electron chi connectivity index (χ2n) is 6.27. The van der Waals surface area contributed by atoms with Gasteiger partial charge in [-0.2, -0.15) is 0 Å². The molecule has 0 aromatic heterocycles. The number of carbonyl (C=O) groups excluding carboxylic acids is 1. The maximum atomic E-state index is 12.3. The van der Waals surface area contributed by atoms with Crippen molar-refractivity contribution in [3.05, 3.63) is 77.3 Å². The summed E-state index contributed by atoms with van der Waals surface area (Å²) in [6, 6.07) is 20.2. The maximum absolute atomic E-state index is 12.3. The number of halogens is 1. The van der Waals surface area contributed by atoms with Gasteiger partial charge in [0.1, 0.15) is 29.6 Å². The third kappa shape index (κ3) is 5.81. The summed E-state index contributed by atoms with van der Waals surface area (Å²) in [4.78, 5) is 12.3. The van der Waals surface area contributed by atoms with Crippen LogP contribution in [0.25, 0.3) is 0 Å². The van der Waals surface area contributed by atoms with E-state index in [1.807, 2.05) is 30.3 Å². The third-order valence-electron chi connectivity index (χ3n) is 4.19. The molecule has 7 heteroatoms. The van der Waals surface area contributed by atoms with Crippen molar-refractivity contribution >= 4 is 23.2 Å². The normalized spacial score (nSPS) is 10.2. The minimum Gasteiger partial charge on any atom is -0.495 e. The number of carbonyl (C=O) groups is 1. The number of amides is 1. The number of ether oxygens (including phenoxy) is 4. The molecule has 0 unspecified atom stereocenters. The van der Waals surface area contributed by atoms with Gasteiger partial charge >= 0.3 is 0 Å².